The molecule has 1 aromatic carbocycles. The molecule has 0 amide bonds. The molecular formula is C16H20F3N3O3. The van der Waals surface area contributed by atoms with Gasteiger partial charge < -0.3 is 19.3 Å². The van der Waals surface area contributed by atoms with Crippen molar-refractivity contribution in [2.45, 2.75) is 33.0 Å². The predicted molar refractivity (Wildman–Crippen MR) is 83.6 cm³/mol. The first kappa shape index (κ1) is 19.0. The first-order valence-electron chi connectivity index (χ1n) is 7.82. The van der Waals surface area contributed by atoms with Gasteiger partial charge in [-0.1, -0.05) is 11.2 Å². The van der Waals surface area contributed by atoms with Crippen LogP contribution in [0.5, 0.6) is 11.5 Å². The molecule has 6 nitrogen and oxygen atoms in total. The SMILES string of the molecule is CCOc1cc(CNCCc2nc(C)no2)ccc1OCC(F)(F)F. The molecule has 0 spiro atoms. The topological polar surface area (TPSA) is 69.4 Å². The van der Waals surface area contributed by atoms with Crippen molar-refractivity contribution in [3.63, 3.8) is 0 Å². The summed E-state index contributed by atoms with van der Waals surface area (Å²) in [4.78, 5) is 4.10. The average Bonchev–Trinajstić information content (AvgIpc) is 2.95. The van der Waals surface area contributed by atoms with E-state index < -0.39 is 12.8 Å². The van der Waals surface area contributed by atoms with E-state index in [2.05, 4.69) is 15.5 Å². The Labute approximate surface area is 143 Å². The van der Waals surface area contributed by atoms with Crippen LogP contribution in [0, 0.1) is 6.92 Å². The van der Waals surface area contributed by atoms with Gasteiger partial charge in [0, 0.05) is 19.5 Å². The van der Waals surface area contributed by atoms with Crippen molar-refractivity contribution in [3.8, 4) is 11.5 Å². The smallest absolute Gasteiger partial charge is 0.422 e. The zero-order valence-corrected chi connectivity index (χ0v) is 14.0. The van der Waals surface area contributed by atoms with Crippen molar-refractivity contribution < 1.29 is 27.2 Å². The summed E-state index contributed by atoms with van der Waals surface area (Å²) in [6, 6.07) is 4.84. The molecule has 138 valence electrons. The van der Waals surface area contributed by atoms with Crippen LogP contribution in [0.3, 0.4) is 0 Å². The highest BCUT2D eigenvalue weighted by molar-refractivity contribution is 5.43. The van der Waals surface area contributed by atoms with E-state index in [4.69, 9.17) is 14.0 Å². The van der Waals surface area contributed by atoms with Crippen molar-refractivity contribution in [3.05, 3.63) is 35.5 Å². The van der Waals surface area contributed by atoms with E-state index in [0.717, 1.165) is 5.56 Å². The van der Waals surface area contributed by atoms with Crippen LogP contribution >= 0.6 is 0 Å². The van der Waals surface area contributed by atoms with Crippen LogP contribution in [0.25, 0.3) is 0 Å². The lowest BCUT2D eigenvalue weighted by Gasteiger charge is -2.14. The lowest BCUT2D eigenvalue weighted by atomic mass is 10.2. The van der Waals surface area contributed by atoms with Gasteiger partial charge in [0.2, 0.25) is 5.89 Å². The molecule has 0 unspecified atom stereocenters. The molecule has 0 fully saturated rings. The second kappa shape index (κ2) is 8.70. The van der Waals surface area contributed by atoms with Gasteiger partial charge in [0.05, 0.1) is 6.61 Å². The third kappa shape index (κ3) is 6.61. The predicted octanol–water partition coefficient (Wildman–Crippen LogP) is 3.05. The summed E-state index contributed by atoms with van der Waals surface area (Å²) in [5.41, 5.74) is 0.865. The molecule has 2 rings (SSSR count). The summed E-state index contributed by atoms with van der Waals surface area (Å²) in [5.74, 6) is 1.50. The van der Waals surface area contributed by atoms with Crippen molar-refractivity contribution in [2.24, 2.45) is 0 Å². The molecule has 2 aromatic rings. The van der Waals surface area contributed by atoms with E-state index in [-0.39, 0.29) is 5.75 Å². The number of hydrogen-bond acceptors (Lipinski definition) is 6. The van der Waals surface area contributed by atoms with E-state index in [9.17, 15) is 13.2 Å². The number of hydrogen-bond donors (Lipinski definition) is 1. The van der Waals surface area contributed by atoms with Gasteiger partial charge in [0.15, 0.2) is 23.9 Å². The van der Waals surface area contributed by atoms with Crippen molar-refractivity contribution in [1.82, 2.24) is 15.5 Å². The summed E-state index contributed by atoms with van der Waals surface area (Å²) in [5, 5.41) is 6.91. The van der Waals surface area contributed by atoms with Gasteiger partial charge in [0.1, 0.15) is 0 Å². The zero-order chi connectivity index (χ0) is 18.3. The second-order valence-corrected chi connectivity index (χ2v) is 5.28. The second-order valence-electron chi connectivity index (χ2n) is 5.28. The van der Waals surface area contributed by atoms with Gasteiger partial charge in [-0.15, -0.1) is 0 Å². The number of nitrogens with zero attached hydrogens (tertiary/aromatic N) is 2. The van der Waals surface area contributed by atoms with Crippen LogP contribution in [0.4, 0.5) is 13.2 Å². The van der Waals surface area contributed by atoms with E-state index in [1.165, 1.54) is 6.07 Å². The molecule has 1 aromatic heterocycles. The molecule has 0 aliphatic heterocycles. The number of halogens is 3. The Morgan fingerprint density at radius 3 is 2.64 bits per heavy atom. The van der Waals surface area contributed by atoms with Crippen molar-refractivity contribution >= 4 is 0 Å². The summed E-state index contributed by atoms with van der Waals surface area (Å²) in [7, 11) is 0. The normalized spacial score (nSPS) is 11.6. The summed E-state index contributed by atoms with van der Waals surface area (Å²) in [6.45, 7) is 3.62. The number of benzene rings is 1. The van der Waals surface area contributed by atoms with Gasteiger partial charge in [0.25, 0.3) is 0 Å². The van der Waals surface area contributed by atoms with Crippen LogP contribution in [-0.2, 0) is 13.0 Å². The number of aromatic nitrogens is 2. The Hall–Kier alpha value is -2.29. The number of alkyl halides is 3. The standard InChI is InChI=1S/C16H20F3N3O3/c1-3-23-14-8-12(4-5-13(14)24-10-16(17,18)19)9-20-7-6-15-21-11(2)22-25-15/h4-5,8,20H,3,6-7,9-10H2,1-2H3. The maximum absolute atomic E-state index is 12.3. The van der Waals surface area contributed by atoms with Crippen molar-refractivity contribution in [2.75, 3.05) is 19.8 Å². The van der Waals surface area contributed by atoms with E-state index in [0.29, 0.717) is 43.6 Å². The Balaban J connectivity index is 1.88. The van der Waals surface area contributed by atoms with Gasteiger partial charge in [-0.2, -0.15) is 18.2 Å². The minimum atomic E-state index is -4.39. The molecule has 0 radical (unpaired) electrons. The van der Waals surface area contributed by atoms with Gasteiger partial charge in [-0.3, -0.25) is 0 Å². The first-order valence-corrected chi connectivity index (χ1v) is 7.82. The van der Waals surface area contributed by atoms with Gasteiger partial charge >= 0.3 is 6.18 Å². The number of rotatable bonds is 9. The minimum Gasteiger partial charge on any atom is -0.490 e. The highest BCUT2D eigenvalue weighted by atomic mass is 19.4. The molecule has 0 aliphatic rings. The third-order valence-electron chi connectivity index (χ3n) is 3.11. The first-order chi connectivity index (χ1) is 11.9. The fraction of sp³-hybridized carbons (Fsp3) is 0.500. The lowest BCUT2D eigenvalue weighted by Crippen LogP contribution is -2.20. The average molecular weight is 359 g/mol. The maximum Gasteiger partial charge on any atom is 0.422 e. The van der Waals surface area contributed by atoms with E-state index in [1.807, 2.05) is 0 Å². The lowest BCUT2D eigenvalue weighted by molar-refractivity contribution is -0.153. The largest absolute Gasteiger partial charge is 0.490 e. The Morgan fingerprint density at radius 2 is 2.00 bits per heavy atom. The molecule has 1 N–H and O–H groups in total. The van der Waals surface area contributed by atoms with Crippen molar-refractivity contribution in [1.29, 1.82) is 0 Å². The Morgan fingerprint density at radius 1 is 1.20 bits per heavy atom. The number of aryl methyl sites for hydroxylation is 1. The number of nitrogens with one attached hydrogen (secondary N) is 1. The molecule has 1 heterocycles. The monoisotopic (exact) mass is 359 g/mol. The zero-order valence-electron chi connectivity index (χ0n) is 14.0. The van der Waals surface area contributed by atoms with Gasteiger partial charge in [-0.25, -0.2) is 0 Å². The maximum atomic E-state index is 12.3. The van der Waals surface area contributed by atoms with Crippen LogP contribution in [0.15, 0.2) is 22.7 Å². The summed E-state index contributed by atoms with van der Waals surface area (Å²) in [6.07, 6.45) is -3.80. The molecule has 0 bridgehead atoms. The highest BCUT2D eigenvalue weighted by Crippen LogP contribution is 2.30. The Kier molecular flexibility index (Phi) is 6.63. The van der Waals surface area contributed by atoms with Crippen LogP contribution < -0.4 is 14.8 Å². The quantitative estimate of drug-likeness (QED) is 0.694. The van der Waals surface area contributed by atoms with E-state index in [1.54, 1.807) is 26.0 Å². The highest BCUT2D eigenvalue weighted by Gasteiger charge is 2.29. The fourth-order valence-corrected chi connectivity index (χ4v) is 2.08. The molecule has 25 heavy (non-hydrogen) atoms. The number of ether oxygens (including phenoxy) is 2. The van der Waals surface area contributed by atoms with Crippen LogP contribution in [0.1, 0.15) is 24.2 Å². The molecule has 0 saturated carbocycles. The van der Waals surface area contributed by atoms with Crippen LogP contribution in [-0.4, -0.2) is 36.1 Å². The van der Waals surface area contributed by atoms with Gasteiger partial charge in [-0.05, 0) is 31.5 Å². The van der Waals surface area contributed by atoms with E-state index >= 15 is 0 Å². The molecule has 0 aliphatic carbocycles. The third-order valence-corrected chi connectivity index (χ3v) is 3.11. The van der Waals surface area contributed by atoms with Crippen LogP contribution in [0.2, 0.25) is 0 Å². The summed E-state index contributed by atoms with van der Waals surface area (Å²) >= 11 is 0. The molecule has 0 atom stereocenters. The Bertz CT molecular complexity index is 674. The molecular weight excluding hydrogens is 339 g/mol. The molecule has 9 heteroatoms. The minimum absolute atomic E-state index is 0.0734. The summed E-state index contributed by atoms with van der Waals surface area (Å²) < 4.78 is 52.0. The fourth-order valence-electron chi connectivity index (χ4n) is 2.08. The molecule has 0 saturated heterocycles.